The Balaban J connectivity index is 2.86. The van der Waals surface area contributed by atoms with Crippen LogP contribution in [0.15, 0.2) is 30.4 Å². The van der Waals surface area contributed by atoms with Crippen LogP contribution in [0.2, 0.25) is 0 Å². The Kier molecular flexibility index (Phi) is 4.11. The third kappa shape index (κ3) is 3.42. The number of benzene rings is 1. The van der Waals surface area contributed by atoms with E-state index in [4.69, 9.17) is 5.11 Å². The average Bonchev–Trinajstić information content (AvgIpc) is 2.20. The molecule has 1 rings (SSSR count). The number of carbonyl (C=O) groups is 1. The van der Waals surface area contributed by atoms with Gasteiger partial charge >= 0.3 is 5.97 Å². The lowest BCUT2D eigenvalue weighted by Gasteiger charge is -2.08. The van der Waals surface area contributed by atoms with E-state index in [0.717, 1.165) is 17.2 Å². The standard InChI is InChI=1S/C13H16O3/c1-9(2)10-6-7-12(14)11(8-10)4-3-5-13(15)16/h3,5-9,14H,4H2,1-2H3,(H,15,16)/b5-3+. The highest BCUT2D eigenvalue weighted by Crippen LogP contribution is 2.23. The summed E-state index contributed by atoms with van der Waals surface area (Å²) in [6.45, 7) is 4.15. The molecule has 0 unspecified atom stereocenters. The van der Waals surface area contributed by atoms with Gasteiger partial charge in [-0.25, -0.2) is 4.79 Å². The van der Waals surface area contributed by atoms with Gasteiger partial charge in [-0.05, 0) is 29.5 Å². The highest BCUT2D eigenvalue weighted by molar-refractivity contribution is 5.79. The minimum absolute atomic E-state index is 0.208. The molecule has 0 aromatic heterocycles. The Morgan fingerprint density at radius 2 is 2.12 bits per heavy atom. The van der Waals surface area contributed by atoms with Crippen molar-refractivity contribution in [2.45, 2.75) is 26.2 Å². The topological polar surface area (TPSA) is 57.5 Å². The maximum absolute atomic E-state index is 10.3. The van der Waals surface area contributed by atoms with E-state index >= 15 is 0 Å². The predicted molar refractivity (Wildman–Crippen MR) is 62.7 cm³/mol. The van der Waals surface area contributed by atoms with Gasteiger partial charge in [0.2, 0.25) is 0 Å². The van der Waals surface area contributed by atoms with E-state index in [0.29, 0.717) is 12.3 Å². The van der Waals surface area contributed by atoms with E-state index in [-0.39, 0.29) is 5.75 Å². The monoisotopic (exact) mass is 220 g/mol. The second-order valence-electron chi connectivity index (χ2n) is 3.99. The Morgan fingerprint density at radius 1 is 1.44 bits per heavy atom. The molecule has 0 saturated heterocycles. The second kappa shape index (κ2) is 5.35. The summed E-state index contributed by atoms with van der Waals surface area (Å²) in [5.41, 5.74) is 1.89. The number of carboxylic acids is 1. The molecule has 0 heterocycles. The first kappa shape index (κ1) is 12.3. The summed E-state index contributed by atoms with van der Waals surface area (Å²) in [6, 6.07) is 5.44. The third-order valence-electron chi connectivity index (χ3n) is 2.37. The maximum atomic E-state index is 10.3. The number of phenolic OH excluding ortho intramolecular Hbond substituents is 1. The molecule has 3 nitrogen and oxygen atoms in total. The first-order valence-corrected chi connectivity index (χ1v) is 5.22. The van der Waals surface area contributed by atoms with Gasteiger partial charge in [-0.15, -0.1) is 0 Å². The number of hydrogen-bond donors (Lipinski definition) is 2. The van der Waals surface area contributed by atoms with Gasteiger partial charge in [-0.2, -0.15) is 0 Å². The largest absolute Gasteiger partial charge is 0.508 e. The van der Waals surface area contributed by atoms with Crippen LogP contribution in [0.4, 0.5) is 0 Å². The SMILES string of the molecule is CC(C)c1ccc(O)c(C/C=C/C(=O)O)c1. The van der Waals surface area contributed by atoms with Crippen molar-refractivity contribution in [3.63, 3.8) is 0 Å². The van der Waals surface area contributed by atoms with Gasteiger partial charge in [0.15, 0.2) is 0 Å². The van der Waals surface area contributed by atoms with Crippen LogP contribution in [-0.4, -0.2) is 16.2 Å². The van der Waals surface area contributed by atoms with Gasteiger partial charge < -0.3 is 10.2 Å². The lowest BCUT2D eigenvalue weighted by atomic mass is 9.99. The number of rotatable bonds is 4. The fourth-order valence-electron chi connectivity index (χ4n) is 1.41. The molecular formula is C13H16O3. The molecule has 0 saturated carbocycles. The molecule has 1 aromatic carbocycles. The van der Waals surface area contributed by atoms with E-state index < -0.39 is 5.97 Å². The van der Waals surface area contributed by atoms with Gasteiger partial charge in [0, 0.05) is 6.08 Å². The molecule has 0 aliphatic heterocycles. The molecule has 0 bridgehead atoms. The fraction of sp³-hybridized carbons (Fsp3) is 0.308. The summed E-state index contributed by atoms with van der Waals surface area (Å²) in [5, 5.41) is 18.1. The molecule has 0 radical (unpaired) electrons. The lowest BCUT2D eigenvalue weighted by molar-refractivity contribution is -0.131. The molecule has 16 heavy (non-hydrogen) atoms. The zero-order valence-electron chi connectivity index (χ0n) is 9.47. The normalized spacial score (nSPS) is 11.2. The van der Waals surface area contributed by atoms with Crippen molar-refractivity contribution < 1.29 is 15.0 Å². The smallest absolute Gasteiger partial charge is 0.327 e. The van der Waals surface area contributed by atoms with Gasteiger partial charge in [-0.1, -0.05) is 32.1 Å². The lowest BCUT2D eigenvalue weighted by Crippen LogP contribution is -1.92. The van der Waals surface area contributed by atoms with Crippen LogP contribution in [0.5, 0.6) is 5.75 Å². The summed E-state index contributed by atoms with van der Waals surface area (Å²) in [5.74, 6) is -0.373. The fourth-order valence-corrected chi connectivity index (χ4v) is 1.41. The number of allylic oxidation sites excluding steroid dienone is 1. The van der Waals surface area contributed by atoms with Crippen molar-refractivity contribution >= 4 is 5.97 Å². The van der Waals surface area contributed by atoms with Crippen LogP contribution in [0.3, 0.4) is 0 Å². The van der Waals surface area contributed by atoms with Crippen molar-refractivity contribution in [2.75, 3.05) is 0 Å². The minimum atomic E-state index is -0.973. The molecule has 0 atom stereocenters. The van der Waals surface area contributed by atoms with Crippen molar-refractivity contribution in [3.8, 4) is 5.75 Å². The number of aliphatic carboxylic acids is 1. The van der Waals surface area contributed by atoms with Gasteiger partial charge in [0.25, 0.3) is 0 Å². The Morgan fingerprint density at radius 3 is 2.69 bits per heavy atom. The van der Waals surface area contributed by atoms with Crippen LogP contribution in [0, 0.1) is 0 Å². The second-order valence-corrected chi connectivity index (χ2v) is 3.99. The van der Waals surface area contributed by atoms with Crippen molar-refractivity contribution in [1.29, 1.82) is 0 Å². The molecule has 0 spiro atoms. The summed E-state index contributed by atoms with van der Waals surface area (Å²) >= 11 is 0. The van der Waals surface area contributed by atoms with Crippen LogP contribution < -0.4 is 0 Å². The van der Waals surface area contributed by atoms with Crippen LogP contribution in [0.25, 0.3) is 0 Å². The number of carboxylic acid groups (broad SMARTS) is 1. The Hall–Kier alpha value is -1.77. The first-order chi connectivity index (χ1) is 7.50. The Bertz CT molecular complexity index is 406. The third-order valence-corrected chi connectivity index (χ3v) is 2.37. The molecule has 0 aliphatic rings. The summed E-state index contributed by atoms with van der Waals surface area (Å²) < 4.78 is 0. The van der Waals surface area contributed by atoms with Crippen LogP contribution in [-0.2, 0) is 11.2 Å². The molecule has 0 fully saturated rings. The van der Waals surface area contributed by atoms with Crippen LogP contribution in [0.1, 0.15) is 30.9 Å². The molecule has 86 valence electrons. The molecule has 1 aromatic rings. The molecule has 0 amide bonds. The van der Waals surface area contributed by atoms with Gasteiger partial charge in [-0.3, -0.25) is 0 Å². The van der Waals surface area contributed by atoms with E-state index in [1.807, 2.05) is 12.1 Å². The van der Waals surface area contributed by atoms with E-state index in [1.165, 1.54) is 6.08 Å². The van der Waals surface area contributed by atoms with E-state index in [9.17, 15) is 9.90 Å². The number of aromatic hydroxyl groups is 1. The maximum Gasteiger partial charge on any atom is 0.327 e. The molecule has 0 aliphatic carbocycles. The Labute approximate surface area is 95.0 Å². The first-order valence-electron chi connectivity index (χ1n) is 5.22. The predicted octanol–water partition coefficient (Wildman–Crippen LogP) is 2.70. The van der Waals surface area contributed by atoms with Crippen molar-refractivity contribution in [2.24, 2.45) is 0 Å². The minimum Gasteiger partial charge on any atom is -0.508 e. The number of phenols is 1. The van der Waals surface area contributed by atoms with Gasteiger partial charge in [0.1, 0.15) is 5.75 Å². The van der Waals surface area contributed by atoms with E-state index in [1.54, 1.807) is 6.07 Å². The molecular weight excluding hydrogens is 204 g/mol. The van der Waals surface area contributed by atoms with E-state index in [2.05, 4.69) is 13.8 Å². The molecule has 3 heteroatoms. The number of hydrogen-bond acceptors (Lipinski definition) is 2. The van der Waals surface area contributed by atoms with Gasteiger partial charge in [0.05, 0.1) is 0 Å². The zero-order valence-corrected chi connectivity index (χ0v) is 9.47. The van der Waals surface area contributed by atoms with Crippen molar-refractivity contribution in [3.05, 3.63) is 41.5 Å². The molecule has 2 N–H and O–H groups in total. The summed E-state index contributed by atoms with van der Waals surface area (Å²) in [7, 11) is 0. The average molecular weight is 220 g/mol. The van der Waals surface area contributed by atoms with Crippen molar-refractivity contribution in [1.82, 2.24) is 0 Å². The summed E-state index contributed by atoms with van der Waals surface area (Å²) in [4.78, 5) is 10.3. The highest BCUT2D eigenvalue weighted by atomic mass is 16.4. The summed E-state index contributed by atoms with van der Waals surface area (Å²) in [6.07, 6.45) is 3.04. The zero-order chi connectivity index (χ0) is 12.1. The van der Waals surface area contributed by atoms with Crippen LogP contribution >= 0.6 is 0 Å². The quantitative estimate of drug-likeness (QED) is 0.767. The highest BCUT2D eigenvalue weighted by Gasteiger charge is 2.04.